The molecule has 23 heavy (non-hydrogen) atoms. The topological polar surface area (TPSA) is 81.9 Å². The number of ether oxygens (including phenoxy) is 1. The lowest BCUT2D eigenvalue weighted by molar-refractivity contribution is 0.318. The van der Waals surface area contributed by atoms with Crippen LogP contribution in [0.2, 0.25) is 0 Å². The van der Waals surface area contributed by atoms with Crippen molar-refractivity contribution in [3.05, 3.63) is 53.9 Å². The van der Waals surface area contributed by atoms with Crippen molar-refractivity contribution in [2.75, 3.05) is 6.61 Å². The highest BCUT2D eigenvalue weighted by Gasteiger charge is 2.09. The second-order valence-corrected chi connectivity index (χ2v) is 4.93. The number of benzene rings is 2. The highest BCUT2D eigenvalue weighted by Crippen LogP contribution is 2.28. The van der Waals surface area contributed by atoms with Crippen LogP contribution in [0.3, 0.4) is 0 Å². The van der Waals surface area contributed by atoms with Crippen molar-refractivity contribution in [1.82, 2.24) is 9.97 Å². The summed E-state index contributed by atoms with van der Waals surface area (Å²) in [4.78, 5) is 7.56. The summed E-state index contributed by atoms with van der Waals surface area (Å²) in [6.07, 6.45) is 1.71. The predicted molar refractivity (Wildman–Crippen MR) is 88.9 cm³/mol. The molecule has 2 N–H and O–H groups in total. The zero-order valence-corrected chi connectivity index (χ0v) is 12.6. The Balaban J connectivity index is 2.02. The number of hydrogen-bond donors (Lipinski definition) is 2. The van der Waals surface area contributed by atoms with Crippen molar-refractivity contribution < 1.29 is 9.84 Å². The molecule has 3 rings (SSSR count). The Hall–Kier alpha value is -3.26. The van der Waals surface area contributed by atoms with Crippen LogP contribution < -0.4 is 4.74 Å². The van der Waals surface area contributed by atoms with Crippen molar-refractivity contribution >= 4 is 22.7 Å². The SMILES string of the molecule is CCOc1cc(/C=C(/C#N)c2nc3ccccc3[nH]2)ccc1O. The van der Waals surface area contributed by atoms with Crippen LogP contribution >= 0.6 is 0 Å². The zero-order valence-electron chi connectivity index (χ0n) is 12.6. The Morgan fingerprint density at radius 1 is 1.35 bits per heavy atom. The quantitative estimate of drug-likeness (QED) is 0.719. The van der Waals surface area contributed by atoms with E-state index in [0.717, 1.165) is 16.6 Å². The number of aromatic nitrogens is 2. The molecule has 5 nitrogen and oxygen atoms in total. The average molecular weight is 305 g/mol. The molecule has 5 heteroatoms. The van der Waals surface area contributed by atoms with Gasteiger partial charge in [0.2, 0.25) is 0 Å². The van der Waals surface area contributed by atoms with Gasteiger partial charge in [-0.2, -0.15) is 5.26 Å². The van der Waals surface area contributed by atoms with Gasteiger partial charge < -0.3 is 14.8 Å². The molecule has 0 aliphatic carbocycles. The first-order valence-corrected chi connectivity index (χ1v) is 7.24. The monoisotopic (exact) mass is 305 g/mol. The Labute approximate surface area is 133 Å². The molecule has 0 unspecified atom stereocenters. The van der Waals surface area contributed by atoms with Crippen LogP contribution in [0, 0.1) is 11.3 Å². The number of H-pyrrole nitrogens is 1. The van der Waals surface area contributed by atoms with E-state index in [2.05, 4.69) is 16.0 Å². The first-order chi connectivity index (χ1) is 11.2. The molecule has 0 saturated heterocycles. The van der Waals surface area contributed by atoms with Gasteiger partial charge in [0.15, 0.2) is 11.5 Å². The van der Waals surface area contributed by atoms with Crippen LogP contribution in [0.25, 0.3) is 22.7 Å². The highest BCUT2D eigenvalue weighted by atomic mass is 16.5. The molecule has 0 atom stereocenters. The summed E-state index contributed by atoms with van der Waals surface area (Å²) in [7, 11) is 0. The third-order valence-electron chi connectivity index (χ3n) is 3.36. The summed E-state index contributed by atoms with van der Waals surface area (Å²) in [5.74, 6) is 0.981. The molecule has 0 radical (unpaired) electrons. The number of rotatable bonds is 4. The third-order valence-corrected chi connectivity index (χ3v) is 3.36. The number of imidazole rings is 1. The van der Waals surface area contributed by atoms with Gasteiger partial charge in [0.05, 0.1) is 23.2 Å². The maximum absolute atomic E-state index is 9.74. The highest BCUT2D eigenvalue weighted by molar-refractivity contribution is 5.90. The molecule has 0 amide bonds. The van der Waals surface area contributed by atoms with E-state index in [4.69, 9.17) is 4.74 Å². The molecule has 114 valence electrons. The van der Waals surface area contributed by atoms with Gasteiger partial charge in [-0.3, -0.25) is 0 Å². The van der Waals surface area contributed by atoms with E-state index >= 15 is 0 Å². The molecule has 1 aromatic heterocycles. The largest absolute Gasteiger partial charge is 0.504 e. The number of phenols is 1. The smallest absolute Gasteiger partial charge is 0.161 e. The number of fused-ring (bicyclic) bond motifs is 1. The summed E-state index contributed by atoms with van der Waals surface area (Å²) < 4.78 is 5.36. The second kappa shape index (κ2) is 6.24. The minimum Gasteiger partial charge on any atom is -0.504 e. The van der Waals surface area contributed by atoms with Crippen LogP contribution in [0.4, 0.5) is 0 Å². The minimum absolute atomic E-state index is 0.0752. The molecule has 0 bridgehead atoms. The van der Waals surface area contributed by atoms with E-state index < -0.39 is 0 Å². The summed E-state index contributed by atoms with van der Waals surface area (Å²) in [5, 5.41) is 19.2. The number of hydrogen-bond acceptors (Lipinski definition) is 4. The molecule has 0 saturated carbocycles. The van der Waals surface area contributed by atoms with Gasteiger partial charge in [-0.15, -0.1) is 0 Å². The Kier molecular flexibility index (Phi) is 3.98. The van der Waals surface area contributed by atoms with Crippen molar-refractivity contribution in [2.24, 2.45) is 0 Å². The fourth-order valence-electron chi connectivity index (χ4n) is 2.29. The molecule has 0 aliphatic rings. The first kappa shape index (κ1) is 14.7. The van der Waals surface area contributed by atoms with Crippen LogP contribution in [0.15, 0.2) is 42.5 Å². The number of aromatic hydroxyl groups is 1. The Bertz CT molecular complexity index is 886. The van der Waals surface area contributed by atoms with E-state index in [0.29, 0.717) is 23.8 Å². The number of nitrogens with one attached hydrogen (secondary N) is 1. The fraction of sp³-hybridized carbons (Fsp3) is 0.111. The standard InChI is InChI=1S/C18H15N3O2/c1-2-23-17-10-12(7-8-16(17)22)9-13(11-19)18-20-14-5-3-4-6-15(14)21-18/h3-10,22H,2H2,1H3,(H,20,21)/b13-9-. The summed E-state index contributed by atoms with van der Waals surface area (Å²) >= 11 is 0. The summed E-state index contributed by atoms with van der Waals surface area (Å²) in [5.41, 5.74) is 2.85. The molecule has 3 aromatic rings. The first-order valence-electron chi connectivity index (χ1n) is 7.24. The normalized spacial score (nSPS) is 11.4. The fourth-order valence-corrected chi connectivity index (χ4v) is 2.29. The Morgan fingerprint density at radius 3 is 2.91 bits per heavy atom. The predicted octanol–water partition coefficient (Wildman–Crippen LogP) is 3.73. The van der Waals surface area contributed by atoms with Gasteiger partial charge in [0, 0.05) is 0 Å². The second-order valence-electron chi connectivity index (χ2n) is 4.93. The molecular formula is C18H15N3O2. The van der Waals surface area contributed by atoms with Crippen molar-refractivity contribution in [1.29, 1.82) is 5.26 Å². The lowest BCUT2D eigenvalue weighted by atomic mass is 10.1. The van der Waals surface area contributed by atoms with E-state index in [1.165, 1.54) is 0 Å². The third kappa shape index (κ3) is 3.01. The van der Waals surface area contributed by atoms with Gasteiger partial charge in [-0.25, -0.2) is 4.98 Å². The number of aromatic amines is 1. The molecular weight excluding hydrogens is 290 g/mol. The van der Waals surface area contributed by atoms with Crippen LogP contribution in [0.5, 0.6) is 11.5 Å². The van der Waals surface area contributed by atoms with Gasteiger partial charge in [-0.05, 0) is 42.8 Å². The van der Waals surface area contributed by atoms with Gasteiger partial charge in [-0.1, -0.05) is 18.2 Å². The molecule has 0 spiro atoms. The van der Waals surface area contributed by atoms with Crippen LogP contribution in [0.1, 0.15) is 18.3 Å². The van der Waals surface area contributed by atoms with Gasteiger partial charge >= 0.3 is 0 Å². The maximum atomic E-state index is 9.74. The van der Waals surface area contributed by atoms with E-state index in [1.807, 2.05) is 31.2 Å². The summed E-state index contributed by atoms with van der Waals surface area (Å²) in [6.45, 7) is 2.30. The van der Waals surface area contributed by atoms with Crippen LogP contribution in [-0.4, -0.2) is 21.7 Å². The number of nitriles is 1. The van der Waals surface area contributed by atoms with Crippen molar-refractivity contribution in [2.45, 2.75) is 6.92 Å². The van der Waals surface area contributed by atoms with Crippen molar-refractivity contribution in [3.63, 3.8) is 0 Å². The molecule has 1 heterocycles. The lowest BCUT2D eigenvalue weighted by Crippen LogP contribution is -1.92. The molecule has 2 aromatic carbocycles. The Morgan fingerprint density at radius 2 is 2.17 bits per heavy atom. The van der Waals surface area contributed by atoms with E-state index in [-0.39, 0.29) is 5.75 Å². The maximum Gasteiger partial charge on any atom is 0.161 e. The van der Waals surface area contributed by atoms with Gasteiger partial charge in [0.25, 0.3) is 0 Å². The van der Waals surface area contributed by atoms with Crippen molar-refractivity contribution in [3.8, 4) is 17.6 Å². The average Bonchev–Trinajstić information content (AvgIpc) is 2.99. The number of para-hydroxylation sites is 2. The number of nitrogens with zero attached hydrogens (tertiary/aromatic N) is 2. The molecule has 0 aliphatic heterocycles. The summed E-state index contributed by atoms with van der Waals surface area (Å²) in [6, 6.07) is 14.7. The minimum atomic E-state index is 0.0752. The van der Waals surface area contributed by atoms with E-state index in [9.17, 15) is 10.4 Å². The lowest BCUT2D eigenvalue weighted by Gasteiger charge is -2.06. The number of phenolic OH excluding ortho intramolecular Hbond substituents is 1. The zero-order chi connectivity index (χ0) is 16.2. The van der Waals surface area contributed by atoms with Crippen LogP contribution in [-0.2, 0) is 0 Å². The molecule has 0 fully saturated rings. The number of allylic oxidation sites excluding steroid dienone is 1. The van der Waals surface area contributed by atoms with Gasteiger partial charge in [0.1, 0.15) is 11.9 Å². The van der Waals surface area contributed by atoms with E-state index in [1.54, 1.807) is 24.3 Å².